The zero-order valence-corrected chi connectivity index (χ0v) is 17.4. The second kappa shape index (κ2) is 10.1. The lowest BCUT2D eigenvalue weighted by molar-refractivity contribution is 0.102. The third kappa shape index (κ3) is 5.40. The second-order valence-corrected chi connectivity index (χ2v) is 7.11. The summed E-state index contributed by atoms with van der Waals surface area (Å²) in [6.07, 6.45) is 0. The monoisotopic (exact) mass is 426 g/mol. The molecule has 0 spiro atoms. The SMILES string of the molecule is Cc1ccc(C(=O)c2ccc(O)cc2)cc1.O=C(c1ccccc1)c1cccc(O)c1O. The van der Waals surface area contributed by atoms with Gasteiger partial charge in [-0.25, -0.2) is 0 Å². The van der Waals surface area contributed by atoms with Crippen LogP contribution in [0.3, 0.4) is 0 Å². The topological polar surface area (TPSA) is 94.8 Å². The number of hydrogen-bond acceptors (Lipinski definition) is 5. The number of carbonyl (C=O) groups excluding carboxylic acids is 2. The first-order chi connectivity index (χ1) is 15.4. The highest BCUT2D eigenvalue weighted by molar-refractivity contribution is 6.11. The van der Waals surface area contributed by atoms with E-state index in [0.29, 0.717) is 16.7 Å². The van der Waals surface area contributed by atoms with Crippen LogP contribution in [0.2, 0.25) is 0 Å². The van der Waals surface area contributed by atoms with E-state index in [1.54, 1.807) is 42.5 Å². The fourth-order valence-corrected chi connectivity index (χ4v) is 2.94. The predicted octanol–water partition coefficient (Wildman–Crippen LogP) is 5.26. The molecule has 0 bridgehead atoms. The Labute approximate surface area is 185 Å². The highest BCUT2D eigenvalue weighted by Crippen LogP contribution is 2.29. The number of phenolic OH excluding ortho intramolecular Hbond substituents is 3. The second-order valence-electron chi connectivity index (χ2n) is 7.11. The summed E-state index contributed by atoms with van der Waals surface area (Å²) in [6.45, 7) is 1.98. The van der Waals surface area contributed by atoms with Gasteiger partial charge in [-0.3, -0.25) is 9.59 Å². The Morgan fingerprint density at radius 3 is 1.69 bits per heavy atom. The quantitative estimate of drug-likeness (QED) is 0.306. The summed E-state index contributed by atoms with van der Waals surface area (Å²) in [5.41, 5.74) is 2.95. The largest absolute Gasteiger partial charge is 0.508 e. The summed E-state index contributed by atoms with van der Waals surface area (Å²) >= 11 is 0. The lowest BCUT2D eigenvalue weighted by atomic mass is 10.0. The summed E-state index contributed by atoms with van der Waals surface area (Å²) in [6, 6.07) is 26.7. The van der Waals surface area contributed by atoms with Crippen molar-refractivity contribution in [2.24, 2.45) is 0 Å². The minimum atomic E-state index is -0.378. The molecule has 0 saturated heterocycles. The first-order valence-corrected chi connectivity index (χ1v) is 9.88. The summed E-state index contributed by atoms with van der Waals surface area (Å²) in [4.78, 5) is 23.9. The molecule has 4 aromatic carbocycles. The number of carbonyl (C=O) groups is 2. The molecule has 0 radical (unpaired) electrons. The number of hydrogen-bond donors (Lipinski definition) is 3. The normalized spacial score (nSPS) is 10.0. The van der Waals surface area contributed by atoms with Gasteiger partial charge in [-0.15, -0.1) is 0 Å². The van der Waals surface area contributed by atoms with Crippen molar-refractivity contribution >= 4 is 11.6 Å². The first kappa shape index (κ1) is 22.3. The van der Waals surface area contributed by atoms with Gasteiger partial charge in [0, 0.05) is 16.7 Å². The Kier molecular flexibility index (Phi) is 7.03. The molecule has 160 valence electrons. The Morgan fingerprint density at radius 2 is 1.09 bits per heavy atom. The fourth-order valence-electron chi connectivity index (χ4n) is 2.94. The van der Waals surface area contributed by atoms with Crippen molar-refractivity contribution in [2.75, 3.05) is 0 Å². The van der Waals surface area contributed by atoms with Crippen molar-refractivity contribution < 1.29 is 24.9 Å². The van der Waals surface area contributed by atoms with Gasteiger partial charge in [-0.05, 0) is 43.3 Å². The van der Waals surface area contributed by atoms with Crippen molar-refractivity contribution in [3.05, 3.63) is 125 Å². The van der Waals surface area contributed by atoms with E-state index in [1.165, 1.54) is 30.3 Å². The number of benzene rings is 4. The molecule has 0 aliphatic rings. The van der Waals surface area contributed by atoms with Crippen LogP contribution in [0.5, 0.6) is 17.2 Å². The van der Waals surface area contributed by atoms with Crippen LogP contribution >= 0.6 is 0 Å². The molecular formula is C27H22O5. The average Bonchev–Trinajstić information content (AvgIpc) is 2.82. The van der Waals surface area contributed by atoms with Crippen LogP contribution in [0, 0.1) is 6.92 Å². The molecule has 5 nitrogen and oxygen atoms in total. The molecule has 0 heterocycles. The van der Waals surface area contributed by atoms with Crippen LogP contribution in [0.15, 0.2) is 97.1 Å². The minimum absolute atomic E-state index is 0.0278. The molecule has 0 saturated carbocycles. The summed E-state index contributed by atoms with van der Waals surface area (Å²) in [5.74, 6) is -0.840. The standard InChI is InChI=1S/C14H12O2.C13H10O3/c1-10-2-4-11(5-3-10)14(16)12-6-8-13(15)9-7-12;14-11-8-4-7-10(13(11)16)12(15)9-5-2-1-3-6-9/h2-9,15H,1H3;1-8,14,16H. The smallest absolute Gasteiger partial charge is 0.196 e. The van der Waals surface area contributed by atoms with E-state index in [-0.39, 0.29) is 34.4 Å². The van der Waals surface area contributed by atoms with Crippen molar-refractivity contribution in [2.45, 2.75) is 6.92 Å². The maximum absolute atomic E-state index is 12.0. The van der Waals surface area contributed by atoms with Gasteiger partial charge in [-0.1, -0.05) is 66.2 Å². The highest BCUT2D eigenvalue weighted by atomic mass is 16.3. The van der Waals surface area contributed by atoms with Gasteiger partial charge in [0.1, 0.15) is 5.75 Å². The highest BCUT2D eigenvalue weighted by Gasteiger charge is 2.15. The van der Waals surface area contributed by atoms with Crippen molar-refractivity contribution in [3.63, 3.8) is 0 Å². The Morgan fingerprint density at radius 1 is 0.562 bits per heavy atom. The molecule has 0 aliphatic carbocycles. The maximum atomic E-state index is 12.0. The molecule has 3 N–H and O–H groups in total. The van der Waals surface area contributed by atoms with Gasteiger partial charge in [0.15, 0.2) is 23.1 Å². The molecule has 0 aliphatic heterocycles. The summed E-state index contributed by atoms with van der Waals surface area (Å²) in [5, 5.41) is 28.0. The lowest BCUT2D eigenvalue weighted by Gasteiger charge is -2.04. The third-order valence-electron chi connectivity index (χ3n) is 4.74. The van der Waals surface area contributed by atoms with Crippen molar-refractivity contribution in [3.8, 4) is 17.2 Å². The van der Waals surface area contributed by atoms with E-state index in [2.05, 4.69) is 0 Å². The number of phenols is 3. The van der Waals surface area contributed by atoms with Gasteiger partial charge >= 0.3 is 0 Å². The van der Waals surface area contributed by atoms with Gasteiger partial charge in [0.25, 0.3) is 0 Å². The molecule has 0 atom stereocenters. The van der Waals surface area contributed by atoms with E-state index in [1.807, 2.05) is 31.2 Å². The van der Waals surface area contributed by atoms with E-state index in [4.69, 9.17) is 5.11 Å². The van der Waals surface area contributed by atoms with Gasteiger partial charge < -0.3 is 15.3 Å². The molecule has 0 amide bonds. The van der Waals surface area contributed by atoms with E-state index < -0.39 is 0 Å². The zero-order chi connectivity index (χ0) is 23.1. The van der Waals surface area contributed by atoms with Crippen LogP contribution < -0.4 is 0 Å². The van der Waals surface area contributed by atoms with Crippen molar-refractivity contribution in [1.82, 2.24) is 0 Å². The summed E-state index contributed by atoms with van der Waals surface area (Å²) < 4.78 is 0. The first-order valence-electron chi connectivity index (χ1n) is 9.88. The van der Waals surface area contributed by atoms with E-state index >= 15 is 0 Å². The Balaban J connectivity index is 0.000000181. The van der Waals surface area contributed by atoms with Crippen LogP contribution in [-0.2, 0) is 0 Å². The number of rotatable bonds is 4. The minimum Gasteiger partial charge on any atom is -0.508 e. The molecule has 32 heavy (non-hydrogen) atoms. The van der Waals surface area contributed by atoms with Crippen molar-refractivity contribution in [1.29, 1.82) is 0 Å². The van der Waals surface area contributed by atoms with Gasteiger partial charge in [0.2, 0.25) is 0 Å². The average molecular weight is 426 g/mol. The molecule has 4 aromatic rings. The number of aryl methyl sites for hydroxylation is 1. The predicted molar refractivity (Wildman–Crippen MR) is 122 cm³/mol. The number of para-hydroxylation sites is 1. The number of aromatic hydroxyl groups is 3. The molecule has 0 fully saturated rings. The molecule has 5 heteroatoms. The molecule has 4 rings (SSSR count). The summed E-state index contributed by atoms with van der Waals surface area (Å²) in [7, 11) is 0. The van der Waals surface area contributed by atoms with Gasteiger partial charge in [-0.2, -0.15) is 0 Å². The Bertz CT molecular complexity index is 1160. The number of ketones is 2. The van der Waals surface area contributed by atoms with Crippen LogP contribution in [0.4, 0.5) is 0 Å². The molecule has 0 unspecified atom stereocenters. The molecule has 0 aromatic heterocycles. The lowest BCUT2D eigenvalue weighted by Crippen LogP contribution is -2.01. The molecular weight excluding hydrogens is 404 g/mol. The fraction of sp³-hybridized carbons (Fsp3) is 0.0370. The van der Waals surface area contributed by atoms with E-state index in [9.17, 15) is 19.8 Å². The van der Waals surface area contributed by atoms with Crippen LogP contribution in [-0.4, -0.2) is 26.9 Å². The third-order valence-corrected chi connectivity index (χ3v) is 4.74. The van der Waals surface area contributed by atoms with Crippen LogP contribution in [0.1, 0.15) is 37.4 Å². The van der Waals surface area contributed by atoms with Gasteiger partial charge in [0.05, 0.1) is 5.56 Å². The zero-order valence-electron chi connectivity index (χ0n) is 17.4. The Hall–Kier alpha value is -4.38. The van der Waals surface area contributed by atoms with Crippen LogP contribution in [0.25, 0.3) is 0 Å². The van der Waals surface area contributed by atoms with E-state index in [0.717, 1.165) is 5.56 Å². The maximum Gasteiger partial charge on any atom is 0.196 e.